The van der Waals surface area contributed by atoms with Gasteiger partial charge in [0, 0.05) is 5.69 Å². The van der Waals surface area contributed by atoms with Gasteiger partial charge in [-0.1, -0.05) is 32.0 Å². The summed E-state index contributed by atoms with van der Waals surface area (Å²) < 4.78 is 0. The lowest BCUT2D eigenvalue weighted by atomic mass is 10.0. The quantitative estimate of drug-likeness (QED) is 0.644. The van der Waals surface area contributed by atoms with Crippen LogP contribution in [-0.4, -0.2) is 22.2 Å². The van der Waals surface area contributed by atoms with E-state index in [9.17, 15) is 14.7 Å². The molecule has 0 aliphatic heterocycles. The van der Waals surface area contributed by atoms with Crippen molar-refractivity contribution in [1.29, 1.82) is 0 Å². The third-order valence-electron chi connectivity index (χ3n) is 3.35. The molecule has 2 amide bonds. The number of carbonyl (C=O) groups is 2. The van der Waals surface area contributed by atoms with E-state index < -0.39 is 17.7 Å². The number of aromatic hydroxyl groups is 1. The molecule has 2 aromatic rings. The number of benzene rings is 2. The predicted molar refractivity (Wildman–Crippen MR) is 88.2 cm³/mol. The predicted octanol–water partition coefficient (Wildman–Crippen LogP) is 3.86. The standard InChI is InChI=1S/C17H18N2O4/c1-10(2)11-6-8-12(9-7-11)18-17(23)19-14-5-3-4-13(15(14)20)16(21)22/h3-10,20H,1-2H3,(H,21,22)(H2,18,19,23). The number of hydrogen-bond acceptors (Lipinski definition) is 3. The minimum atomic E-state index is -1.27. The summed E-state index contributed by atoms with van der Waals surface area (Å²) in [5, 5.41) is 23.8. The monoisotopic (exact) mass is 314 g/mol. The molecule has 0 heterocycles. The Labute approximate surface area is 133 Å². The third-order valence-corrected chi connectivity index (χ3v) is 3.35. The maximum absolute atomic E-state index is 12.0. The van der Waals surface area contributed by atoms with E-state index in [4.69, 9.17) is 5.11 Å². The van der Waals surface area contributed by atoms with Crippen LogP contribution in [0.15, 0.2) is 42.5 Å². The van der Waals surface area contributed by atoms with Gasteiger partial charge in [-0.15, -0.1) is 0 Å². The lowest BCUT2D eigenvalue weighted by molar-refractivity contribution is 0.0694. The summed E-state index contributed by atoms with van der Waals surface area (Å²) in [4.78, 5) is 22.9. The molecule has 0 saturated heterocycles. The molecule has 120 valence electrons. The summed E-state index contributed by atoms with van der Waals surface area (Å²) in [7, 11) is 0. The Morgan fingerprint density at radius 2 is 1.65 bits per heavy atom. The molecule has 0 aliphatic rings. The fourth-order valence-corrected chi connectivity index (χ4v) is 2.05. The summed E-state index contributed by atoms with van der Waals surface area (Å²) in [6.45, 7) is 4.15. The van der Waals surface area contributed by atoms with Gasteiger partial charge < -0.3 is 20.8 Å². The molecule has 0 atom stereocenters. The van der Waals surface area contributed by atoms with Crippen LogP contribution >= 0.6 is 0 Å². The van der Waals surface area contributed by atoms with Crippen LogP contribution in [0.4, 0.5) is 16.2 Å². The van der Waals surface area contributed by atoms with Gasteiger partial charge in [0.15, 0.2) is 5.75 Å². The summed E-state index contributed by atoms with van der Waals surface area (Å²) in [5.74, 6) is -1.35. The summed E-state index contributed by atoms with van der Waals surface area (Å²) in [6, 6.07) is 10.9. The number of phenols is 1. The molecule has 2 aromatic carbocycles. The highest BCUT2D eigenvalue weighted by molar-refractivity contribution is 6.02. The van der Waals surface area contributed by atoms with Crippen molar-refractivity contribution in [2.75, 3.05) is 10.6 Å². The van der Waals surface area contributed by atoms with E-state index in [1.807, 2.05) is 12.1 Å². The number of para-hydroxylation sites is 1. The Morgan fingerprint density at radius 3 is 2.22 bits per heavy atom. The second-order valence-electron chi connectivity index (χ2n) is 5.36. The van der Waals surface area contributed by atoms with E-state index in [0.29, 0.717) is 11.6 Å². The van der Waals surface area contributed by atoms with Crippen LogP contribution in [0, 0.1) is 0 Å². The lowest BCUT2D eigenvalue weighted by Crippen LogP contribution is -2.19. The van der Waals surface area contributed by atoms with E-state index >= 15 is 0 Å². The highest BCUT2D eigenvalue weighted by Gasteiger charge is 2.14. The molecular formula is C17H18N2O4. The van der Waals surface area contributed by atoms with Crippen LogP contribution in [0.25, 0.3) is 0 Å². The second-order valence-corrected chi connectivity index (χ2v) is 5.36. The Kier molecular flexibility index (Phi) is 4.85. The maximum Gasteiger partial charge on any atom is 0.339 e. The van der Waals surface area contributed by atoms with Gasteiger partial charge >= 0.3 is 12.0 Å². The minimum absolute atomic E-state index is 0.0289. The summed E-state index contributed by atoms with van der Waals surface area (Å²) in [6.07, 6.45) is 0. The maximum atomic E-state index is 12.0. The van der Waals surface area contributed by atoms with Crippen molar-refractivity contribution in [3.63, 3.8) is 0 Å². The first-order valence-electron chi connectivity index (χ1n) is 7.11. The summed E-state index contributed by atoms with van der Waals surface area (Å²) in [5.41, 5.74) is 1.51. The van der Waals surface area contributed by atoms with E-state index in [2.05, 4.69) is 24.5 Å². The molecular weight excluding hydrogens is 296 g/mol. The molecule has 0 saturated carbocycles. The number of carboxylic acids is 1. The Balaban J connectivity index is 2.08. The number of nitrogens with one attached hydrogen (secondary N) is 2. The smallest absolute Gasteiger partial charge is 0.339 e. The SMILES string of the molecule is CC(C)c1ccc(NC(=O)Nc2cccc(C(=O)O)c2O)cc1. The van der Waals surface area contributed by atoms with Crippen molar-refractivity contribution < 1.29 is 19.8 Å². The van der Waals surface area contributed by atoms with Gasteiger partial charge in [0.1, 0.15) is 5.56 Å². The molecule has 2 rings (SSSR count). The van der Waals surface area contributed by atoms with Gasteiger partial charge in [-0.2, -0.15) is 0 Å². The van der Waals surface area contributed by atoms with Gasteiger partial charge in [-0.25, -0.2) is 9.59 Å². The molecule has 23 heavy (non-hydrogen) atoms. The zero-order chi connectivity index (χ0) is 17.0. The van der Waals surface area contributed by atoms with Crippen LogP contribution in [0.2, 0.25) is 0 Å². The van der Waals surface area contributed by atoms with Crippen LogP contribution in [0.5, 0.6) is 5.75 Å². The van der Waals surface area contributed by atoms with E-state index in [0.717, 1.165) is 5.56 Å². The van der Waals surface area contributed by atoms with Gasteiger partial charge in [0.2, 0.25) is 0 Å². The van der Waals surface area contributed by atoms with Gasteiger partial charge in [0.05, 0.1) is 5.69 Å². The number of rotatable bonds is 4. The van der Waals surface area contributed by atoms with E-state index in [-0.39, 0.29) is 11.3 Å². The number of amides is 2. The molecule has 0 radical (unpaired) electrons. The molecule has 6 heteroatoms. The van der Waals surface area contributed by atoms with Crippen LogP contribution < -0.4 is 10.6 Å². The fourth-order valence-electron chi connectivity index (χ4n) is 2.05. The van der Waals surface area contributed by atoms with Crippen molar-refractivity contribution in [1.82, 2.24) is 0 Å². The second kappa shape index (κ2) is 6.83. The molecule has 0 unspecified atom stereocenters. The van der Waals surface area contributed by atoms with Gasteiger partial charge in [0.25, 0.3) is 0 Å². The first-order valence-corrected chi connectivity index (χ1v) is 7.11. The molecule has 0 fully saturated rings. The Hall–Kier alpha value is -3.02. The number of urea groups is 1. The minimum Gasteiger partial charge on any atom is -0.505 e. The first-order chi connectivity index (χ1) is 10.9. The van der Waals surface area contributed by atoms with Crippen molar-refractivity contribution in [2.24, 2.45) is 0 Å². The Bertz CT molecular complexity index is 724. The number of hydrogen-bond donors (Lipinski definition) is 4. The largest absolute Gasteiger partial charge is 0.505 e. The normalized spacial score (nSPS) is 10.4. The number of aromatic carboxylic acids is 1. The topological polar surface area (TPSA) is 98.7 Å². The van der Waals surface area contributed by atoms with E-state index in [1.165, 1.54) is 18.2 Å². The van der Waals surface area contributed by atoms with Gasteiger partial charge in [-0.3, -0.25) is 0 Å². The van der Waals surface area contributed by atoms with Crippen molar-refractivity contribution in [3.05, 3.63) is 53.6 Å². The van der Waals surface area contributed by atoms with Crippen LogP contribution in [0.1, 0.15) is 35.7 Å². The summed E-state index contributed by atoms with van der Waals surface area (Å²) >= 11 is 0. The molecule has 6 nitrogen and oxygen atoms in total. The van der Waals surface area contributed by atoms with E-state index in [1.54, 1.807) is 12.1 Å². The lowest BCUT2D eigenvalue weighted by Gasteiger charge is -2.11. The van der Waals surface area contributed by atoms with Crippen molar-refractivity contribution in [3.8, 4) is 5.75 Å². The zero-order valence-electron chi connectivity index (χ0n) is 12.8. The number of anilines is 2. The van der Waals surface area contributed by atoms with Crippen LogP contribution in [0.3, 0.4) is 0 Å². The highest BCUT2D eigenvalue weighted by atomic mass is 16.4. The first kappa shape index (κ1) is 16.4. The van der Waals surface area contributed by atoms with Crippen molar-refractivity contribution in [2.45, 2.75) is 19.8 Å². The Morgan fingerprint density at radius 1 is 1.00 bits per heavy atom. The zero-order valence-corrected chi connectivity index (χ0v) is 12.8. The van der Waals surface area contributed by atoms with Crippen LogP contribution in [-0.2, 0) is 0 Å². The third kappa shape index (κ3) is 4.00. The van der Waals surface area contributed by atoms with Gasteiger partial charge in [-0.05, 0) is 35.7 Å². The number of carboxylic acid groups (broad SMARTS) is 1. The highest BCUT2D eigenvalue weighted by Crippen LogP contribution is 2.27. The van der Waals surface area contributed by atoms with Crippen molar-refractivity contribution >= 4 is 23.4 Å². The molecule has 0 spiro atoms. The average molecular weight is 314 g/mol. The molecule has 4 N–H and O–H groups in total. The number of carbonyl (C=O) groups excluding carboxylic acids is 1. The average Bonchev–Trinajstić information content (AvgIpc) is 2.49. The molecule has 0 aromatic heterocycles. The molecule has 0 aliphatic carbocycles. The fraction of sp³-hybridized carbons (Fsp3) is 0.176. The molecule has 0 bridgehead atoms.